The van der Waals surface area contributed by atoms with Crippen LogP contribution in [0.2, 0.25) is 0 Å². The Hall–Kier alpha value is -0.610. The van der Waals surface area contributed by atoms with Crippen molar-refractivity contribution in [3.8, 4) is 0 Å². The van der Waals surface area contributed by atoms with Crippen LogP contribution in [-0.4, -0.2) is 28.7 Å². The van der Waals surface area contributed by atoms with Gasteiger partial charge in [0, 0.05) is 18.6 Å². The summed E-state index contributed by atoms with van der Waals surface area (Å²) in [7, 11) is 0. The number of piperidine rings is 1. The molecule has 1 heterocycles. The molecular formula is C11H21N3S. The second kappa shape index (κ2) is 6.08. The highest BCUT2D eigenvalue weighted by Crippen LogP contribution is 2.19. The van der Waals surface area contributed by atoms with E-state index < -0.39 is 0 Å². The fraction of sp³-hybridized carbons (Fsp3) is 0.727. The first-order valence-electron chi connectivity index (χ1n) is 5.59. The molecule has 1 saturated heterocycles. The molecule has 0 aromatic carbocycles. The van der Waals surface area contributed by atoms with Gasteiger partial charge in [-0.15, -0.1) is 6.58 Å². The third-order valence-electron chi connectivity index (χ3n) is 2.83. The van der Waals surface area contributed by atoms with Crippen molar-refractivity contribution in [2.45, 2.75) is 45.2 Å². The second-order valence-electron chi connectivity index (χ2n) is 4.15. The molecule has 86 valence electrons. The van der Waals surface area contributed by atoms with Crippen LogP contribution in [0.1, 0.15) is 33.1 Å². The molecule has 0 radical (unpaired) electrons. The molecule has 1 aliphatic heterocycles. The first-order chi connectivity index (χ1) is 7.15. The van der Waals surface area contributed by atoms with Crippen LogP contribution in [-0.2, 0) is 0 Å². The predicted molar refractivity (Wildman–Crippen MR) is 68.5 cm³/mol. The summed E-state index contributed by atoms with van der Waals surface area (Å²) in [4.78, 5) is 0. The van der Waals surface area contributed by atoms with E-state index in [0.29, 0.717) is 23.7 Å². The first-order valence-corrected chi connectivity index (χ1v) is 5.99. The Morgan fingerprint density at radius 2 is 2.07 bits per heavy atom. The summed E-state index contributed by atoms with van der Waals surface area (Å²) in [6.07, 6.45) is 5.59. The molecule has 0 aromatic heterocycles. The number of nitrogens with zero attached hydrogens (tertiary/aromatic N) is 1. The maximum absolute atomic E-state index is 5.19. The number of rotatable bonds is 3. The van der Waals surface area contributed by atoms with Crippen LogP contribution in [0.15, 0.2) is 12.7 Å². The molecule has 1 fully saturated rings. The van der Waals surface area contributed by atoms with Crippen LogP contribution in [0, 0.1) is 0 Å². The van der Waals surface area contributed by atoms with E-state index in [1.54, 1.807) is 6.08 Å². The molecule has 0 aromatic rings. The zero-order chi connectivity index (χ0) is 11.3. The van der Waals surface area contributed by atoms with Crippen molar-refractivity contribution in [1.29, 1.82) is 0 Å². The molecule has 0 aliphatic carbocycles. The first kappa shape index (κ1) is 12.5. The zero-order valence-electron chi connectivity index (χ0n) is 9.62. The van der Waals surface area contributed by atoms with Crippen molar-refractivity contribution < 1.29 is 0 Å². The van der Waals surface area contributed by atoms with Crippen molar-refractivity contribution >= 4 is 17.3 Å². The molecule has 1 aliphatic rings. The van der Waals surface area contributed by atoms with Crippen LogP contribution < -0.4 is 10.7 Å². The quantitative estimate of drug-likeness (QED) is 0.568. The lowest BCUT2D eigenvalue weighted by atomic mass is 10.00. The summed E-state index contributed by atoms with van der Waals surface area (Å²) in [6.45, 7) is 8.83. The topological polar surface area (TPSA) is 27.3 Å². The minimum absolute atomic E-state index is 0.553. The SMILES string of the molecule is C=CCNC(=S)NN1[C@H](C)CCC[C@@H]1C. The third-order valence-corrected chi connectivity index (χ3v) is 3.07. The Morgan fingerprint density at radius 1 is 1.47 bits per heavy atom. The predicted octanol–water partition coefficient (Wildman–Crippen LogP) is 1.81. The molecule has 2 atom stereocenters. The molecule has 15 heavy (non-hydrogen) atoms. The van der Waals surface area contributed by atoms with Crippen LogP contribution in [0.3, 0.4) is 0 Å². The highest BCUT2D eigenvalue weighted by Gasteiger charge is 2.24. The Morgan fingerprint density at radius 3 is 2.60 bits per heavy atom. The highest BCUT2D eigenvalue weighted by atomic mass is 32.1. The van der Waals surface area contributed by atoms with Gasteiger partial charge < -0.3 is 5.32 Å². The van der Waals surface area contributed by atoms with E-state index in [0.717, 1.165) is 0 Å². The molecule has 0 saturated carbocycles. The van der Waals surface area contributed by atoms with E-state index in [9.17, 15) is 0 Å². The summed E-state index contributed by atoms with van der Waals surface area (Å²) in [5.41, 5.74) is 3.26. The van der Waals surface area contributed by atoms with Crippen LogP contribution in [0.5, 0.6) is 0 Å². The molecule has 0 unspecified atom stereocenters. The van der Waals surface area contributed by atoms with Gasteiger partial charge in [-0.3, -0.25) is 5.43 Å². The second-order valence-corrected chi connectivity index (χ2v) is 4.55. The van der Waals surface area contributed by atoms with Crippen molar-refractivity contribution in [3.05, 3.63) is 12.7 Å². The lowest BCUT2D eigenvalue weighted by Gasteiger charge is -2.39. The number of hydrogen-bond acceptors (Lipinski definition) is 2. The lowest BCUT2D eigenvalue weighted by Crippen LogP contribution is -2.56. The minimum Gasteiger partial charge on any atom is -0.358 e. The Kier molecular flexibility index (Phi) is 5.05. The average Bonchev–Trinajstić information content (AvgIpc) is 2.21. The highest BCUT2D eigenvalue weighted by molar-refractivity contribution is 7.80. The zero-order valence-corrected chi connectivity index (χ0v) is 10.4. The minimum atomic E-state index is 0.553. The average molecular weight is 227 g/mol. The molecule has 0 spiro atoms. The van der Waals surface area contributed by atoms with Crippen LogP contribution in [0.25, 0.3) is 0 Å². The standard InChI is InChI=1S/C11H21N3S/c1-4-8-12-11(15)13-14-9(2)6-5-7-10(14)3/h4,9-10H,1,5-8H2,2-3H3,(H2,12,13,15)/t9-,10+. The number of nitrogens with one attached hydrogen (secondary N) is 2. The maximum Gasteiger partial charge on any atom is 0.181 e. The molecule has 0 amide bonds. The van der Waals surface area contributed by atoms with Gasteiger partial charge in [0.05, 0.1) is 0 Å². The molecule has 3 nitrogen and oxygen atoms in total. The smallest absolute Gasteiger partial charge is 0.181 e. The normalized spacial score (nSPS) is 27.1. The summed E-state index contributed by atoms with van der Waals surface area (Å²) in [6, 6.07) is 1.11. The Balaban J connectivity index is 2.40. The van der Waals surface area contributed by atoms with E-state index in [2.05, 4.69) is 36.2 Å². The number of hydrazine groups is 1. The molecule has 4 heteroatoms. The van der Waals surface area contributed by atoms with E-state index in [4.69, 9.17) is 12.2 Å². The molecular weight excluding hydrogens is 206 g/mol. The van der Waals surface area contributed by atoms with E-state index in [1.807, 2.05) is 0 Å². The molecule has 0 bridgehead atoms. The van der Waals surface area contributed by atoms with Gasteiger partial charge in [0.1, 0.15) is 0 Å². The fourth-order valence-electron chi connectivity index (χ4n) is 1.96. The van der Waals surface area contributed by atoms with Gasteiger partial charge in [0.2, 0.25) is 0 Å². The number of thiocarbonyl (C=S) groups is 1. The van der Waals surface area contributed by atoms with Crippen LogP contribution >= 0.6 is 12.2 Å². The van der Waals surface area contributed by atoms with Gasteiger partial charge in [0.25, 0.3) is 0 Å². The third kappa shape index (κ3) is 3.80. The monoisotopic (exact) mass is 227 g/mol. The van der Waals surface area contributed by atoms with E-state index >= 15 is 0 Å². The summed E-state index contributed by atoms with van der Waals surface area (Å²) >= 11 is 5.19. The Bertz CT molecular complexity index is 220. The van der Waals surface area contributed by atoms with Gasteiger partial charge in [-0.1, -0.05) is 12.5 Å². The lowest BCUT2D eigenvalue weighted by molar-refractivity contribution is 0.0737. The van der Waals surface area contributed by atoms with E-state index in [-0.39, 0.29) is 0 Å². The summed E-state index contributed by atoms with van der Waals surface area (Å²) < 4.78 is 0. The molecule has 1 rings (SSSR count). The van der Waals surface area contributed by atoms with Gasteiger partial charge in [-0.05, 0) is 38.9 Å². The van der Waals surface area contributed by atoms with Gasteiger partial charge >= 0.3 is 0 Å². The summed E-state index contributed by atoms with van der Waals surface area (Å²) in [5, 5.41) is 6.02. The largest absolute Gasteiger partial charge is 0.358 e. The van der Waals surface area contributed by atoms with Crippen molar-refractivity contribution in [3.63, 3.8) is 0 Å². The van der Waals surface area contributed by atoms with E-state index in [1.165, 1.54) is 19.3 Å². The van der Waals surface area contributed by atoms with Gasteiger partial charge in [-0.2, -0.15) is 0 Å². The number of hydrogen-bond donors (Lipinski definition) is 2. The van der Waals surface area contributed by atoms with Gasteiger partial charge in [-0.25, -0.2) is 5.01 Å². The van der Waals surface area contributed by atoms with Crippen LogP contribution in [0.4, 0.5) is 0 Å². The van der Waals surface area contributed by atoms with Crippen molar-refractivity contribution in [1.82, 2.24) is 15.8 Å². The summed E-state index contributed by atoms with van der Waals surface area (Å²) in [5.74, 6) is 0. The van der Waals surface area contributed by atoms with Crippen molar-refractivity contribution in [2.75, 3.05) is 6.54 Å². The fourth-order valence-corrected chi connectivity index (χ4v) is 2.15. The van der Waals surface area contributed by atoms with Crippen molar-refractivity contribution in [2.24, 2.45) is 0 Å². The Labute approximate surface area is 97.9 Å². The van der Waals surface area contributed by atoms with Gasteiger partial charge in [0.15, 0.2) is 5.11 Å². The maximum atomic E-state index is 5.19. The molecule has 2 N–H and O–H groups in total.